The molecule has 1 spiro atoms. The molecule has 0 N–H and O–H groups in total. The first-order chi connectivity index (χ1) is 18.2. The zero-order chi connectivity index (χ0) is 26.8. The Morgan fingerprint density at radius 2 is 1.08 bits per heavy atom. The minimum absolute atomic E-state index is 0.301. The maximum atomic E-state index is 7.58. The van der Waals surface area contributed by atoms with Gasteiger partial charge in [0.15, 0.2) is 0 Å². The molecule has 0 unspecified atom stereocenters. The first-order valence-electron chi connectivity index (χ1n) is 13.5. The molecule has 4 aromatic rings. The molecule has 2 aliphatic rings. The van der Waals surface area contributed by atoms with E-state index in [0.717, 1.165) is 6.42 Å². The van der Waals surface area contributed by atoms with Crippen molar-refractivity contribution in [3.05, 3.63) is 129 Å². The quantitative estimate of drug-likeness (QED) is 0.251. The van der Waals surface area contributed by atoms with Crippen LogP contribution in [0.15, 0.2) is 84.8 Å². The zero-order valence-electron chi connectivity index (χ0n) is 23.5. The van der Waals surface area contributed by atoms with Gasteiger partial charge in [-0.15, -0.1) is 0 Å². The normalized spacial score (nSPS) is 16.4. The second-order valence-electron chi connectivity index (χ2n) is 11.3. The van der Waals surface area contributed by atoms with E-state index in [4.69, 9.17) is 8.50 Å². The van der Waals surface area contributed by atoms with Crippen molar-refractivity contribution in [1.29, 1.82) is 0 Å². The number of fused-ring (bicyclic) bond motifs is 5. The Morgan fingerprint density at radius 3 is 1.50 bits per heavy atom. The van der Waals surface area contributed by atoms with Gasteiger partial charge in [-0.25, -0.2) is 0 Å². The molecular formula is C35H36GeO2. The van der Waals surface area contributed by atoms with Crippen LogP contribution in [-0.4, -0.2) is 20.7 Å². The summed E-state index contributed by atoms with van der Waals surface area (Å²) in [4.78, 5) is 0. The van der Waals surface area contributed by atoms with E-state index in [1.54, 1.807) is 7.11 Å². The van der Waals surface area contributed by atoms with E-state index in [0.29, 0.717) is 5.95 Å². The van der Waals surface area contributed by atoms with Gasteiger partial charge in [0.05, 0.1) is 0 Å². The van der Waals surface area contributed by atoms with Crippen molar-refractivity contribution in [3.63, 3.8) is 0 Å². The van der Waals surface area contributed by atoms with Gasteiger partial charge in [0.1, 0.15) is 0 Å². The number of methoxy groups -OCH3 is 1. The van der Waals surface area contributed by atoms with E-state index >= 15 is 0 Å². The van der Waals surface area contributed by atoms with Gasteiger partial charge in [-0.2, -0.15) is 0 Å². The fourth-order valence-electron chi connectivity index (χ4n) is 7.83. The molecule has 2 nitrogen and oxygen atoms in total. The topological polar surface area (TPSA) is 18.5 Å². The summed E-state index contributed by atoms with van der Waals surface area (Å²) < 4.78 is 16.1. The van der Waals surface area contributed by atoms with Crippen molar-refractivity contribution in [2.45, 2.75) is 52.2 Å². The molecule has 0 radical (unpaired) electrons. The number of rotatable bonds is 3. The molecule has 0 aromatic heterocycles. The van der Waals surface area contributed by atoms with Crippen molar-refractivity contribution in [3.8, 4) is 11.1 Å². The second kappa shape index (κ2) is 8.91. The SMILES string of the molecule is COC1=CC[C]2(c3ccccc3-c3ccccc32)[Ge]([c]2c(C)cc(C)cc2C)([c]2c(C)cc(C)cc2C)[O]1. The standard InChI is InChI=1S/C35H36GeO2/c1-22-18-24(3)33(25(4)19-22)36(34-26(5)20-23(2)21-27(34)6)35(17-16-32(37-7)38-36)30-14-10-8-12-28(30)29-13-9-11-15-31(29)35/h8-16,18-21H,17H2,1-7H3. The van der Waals surface area contributed by atoms with Gasteiger partial charge in [-0.3, -0.25) is 0 Å². The predicted molar refractivity (Wildman–Crippen MR) is 160 cm³/mol. The number of aryl methyl sites for hydroxylation is 6. The van der Waals surface area contributed by atoms with E-state index in [1.807, 2.05) is 0 Å². The molecule has 38 heavy (non-hydrogen) atoms. The Labute approximate surface area is 230 Å². The summed E-state index contributed by atoms with van der Waals surface area (Å²) >= 11 is -3.96. The Morgan fingerprint density at radius 1 is 0.658 bits per heavy atom. The van der Waals surface area contributed by atoms with Crippen LogP contribution in [0, 0.1) is 41.5 Å². The third-order valence-electron chi connectivity index (χ3n) is 8.75. The molecule has 0 saturated heterocycles. The molecule has 0 saturated carbocycles. The molecular weight excluding hydrogens is 525 g/mol. The van der Waals surface area contributed by atoms with Crippen LogP contribution in [-0.2, 0) is 12.7 Å². The molecule has 0 atom stereocenters. The molecule has 6 rings (SSSR count). The molecule has 4 aromatic carbocycles. The summed E-state index contributed by atoms with van der Waals surface area (Å²) in [6, 6.07) is 27.5. The molecule has 1 aliphatic heterocycles. The molecule has 1 heterocycles. The average Bonchev–Trinajstić information content (AvgIpc) is 3.15. The van der Waals surface area contributed by atoms with Crippen molar-refractivity contribution in [2.24, 2.45) is 0 Å². The summed E-state index contributed by atoms with van der Waals surface area (Å²) in [6.07, 6.45) is 3.05. The number of allylic oxidation sites excluding steroid dienone is 1. The van der Waals surface area contributed by atoms with Crippen LogP contribution in [0.25, 0.3) is 11.1 Å². The van der Waals surface area contributed by atoms with Crippen LogP contribution in [0.2, 0.25) is 0 Å². The van der Waals surface area contributed by atoms with Gasteiger partial charge in [0, 0.05) is 0 Å². The molecule has 1 aliphatic carbocycles. The molecule has 0 amide bonds. The van der Waals surface area contributed by atoms with Crippen molar-refractivity contribution in [1.82, 2.24) is 0 Å². The first kappa shape index (κ1) is 25.1. The van der Waals surface area contributed by atoms with E-state index in [9.17, 15) is 0 Å². The predicted octanol–water partition coefficient (Wildman–Crippen LogP) is 7.01. The molecule has 192 valence electrons. The van der Waals surface area contributed by atoms with Gasteiger partial charge < -0.3 is 0 Å². The molecule has 0 fully saturated rings. The van der Waals surface area contributed by atoms with E-state index < -0.39 is 13.6 Å². The van der Waals surface area contributed by atoms with Crippen LogP contribution in [0.5, 0.6) is 0 Å². The van der Waals surface area contributed by atoms with Gasteiger partial charge in [0.2, 0.25) is 0 Å². The van der Waals surface area contributed by atoms with Crippen LogP contribution < -0.4 is 8.79 Å². The Bertz CT molecular complexity index is 1480. The number of hydrogen-bond acceptors (Lipinski definition) is 2. The van der Waals surface area contributed by atoms with Crippen LogP contribution in [0.4, 0.5) is 0 Å². The summed E-state index contributed by atoms with van der Waals surface area (Å²) in [5.41, 5.74) is 13.3. The second-order valence-corrected chi connectivity index (χ2v) is 18.4. The van der Waals surface area contributed by atoms with E-state index in [1.165, 1.54) is 64.4 Å². The summed E-state index contributed by atoms with van der Waals surface area (Å²) in [5, 5.41) is 0. The van der Waals surface area contributed by atoms with Crippen molar-refractivity contribution < 1.29 is 8.50 Å². The third kappa shape index (κ3) is 3.26. The first-order valence-corrected chi connectivity index (χ1v) is 17.5. The van der Waals surface area contributed by atoms with Crippen LogP contribution in [0.1, 0.15) is 50.9 Å². The number of hydrogen-bond donors (Lipinski definition) is 0. The summed E-state index contributed by atoms with van der Waals surface area (Å²) in [6.45, 7) is 13.5. The van der Waals surface area contributed by atoms with Crippen molar-refractivity contribution in [2.75, 3.05) is 7.11 Å². The third-order valence-corrected chi connectivity index (χ3v) is 20.2. The fraction of sp³-hybridized carbons (Fsp3) is 0.257. The monoisotopic (exact) mass is 562 g/mol. The number of ether oxygens (including phenoxy) is 1. The van der Waals surface area contributed by atoms with Gasteiger partial charge >= 0.3 is 231 Å². The molecule has 3 heteroatoms. The van der Waals surface area contributed by atoms with Gasteiger partial charge in [0.25, 0.3) is 0 Å². The average molecular weight is 561 g/mol. The number of benzene rings is 4. The van der Waals surface area contributed by atoms with Crippen molar-refractivity contribution >= 4 is 22.4 Å². The van der Waals surface area contributed by atoms with Gasteiger partial charge in [-0.1, -0.05) is 0 Å². The van der Waals surface area contributed by atoms with E-state index in [-0.39, 0.29) is 4.25 Å². The molecule has 0 bridgehead atoms. The Hall–Kier alpha value is -3.24. The Balaban J connectivity index is 1.89. The Kier molecular flexibility index (Phi) is 5.88. The van der Waals surface area contributed by atoms with E-state index in [2.05, 4.69) is 120 Å². The van der Waals surface area contributed by atoms with Gasteiger partial charge in [-0.05, 0) is 0 Å². The maximum absolute atomic E-state index is 7.58. The van der Waals surface area contributed by atoms with Crippen LogP contribution in [0.3, 0.4) is 0 Å². The summed E-state index contributed by atoms with van der Waals surface area (Å²) in [5.74, 6) is 0.663. The zero-order valence-corrected chi connectivity index (χ0v) is 25.6. The summed E-state index contributed by atoms with van der Waals surface area (Å²) in [7, 11) is 1.75. The minimum atomic E-state index is -3.96. The fourth-order valence-corrected chi connectivity index (χ4v) is 20.5. The van der Waals surface area contributed by atoms with Crippen LogP contribution >= 0.6 is 0 Å².